The molecule has 1 aliphatic rings. The van der Waals surface area contributed by atoms with Crippen molar-refractivity contribution in [2.75, 3.05) is 0 Å². The zero-order valence-electron chi connectivity index (χ0n) is 6.97. The Morgan fingerprint density at radius 3 is 2.75 bits per heavy atom. The third-order valence-corrected chi connectivity index (χ3v) is 2.52. The summed E-state index contributed by atoms with van der Waals surface area (Å²) in [6.07, 6.45) is 0.376. The van der Waals surface area contributed by atoms with E-state index in [2.05, 4.69) is 4.79 Å². The van der Waals surface area contributed by atoms with Crippen molar-refractivity contribution < 1.29 is 9.58 Å². The monoisotopic (exact) mass is 184 g/mol. The van der Waals surface area contributed by atoms with Crippen molar-refractivity contribution in [2.24, 2.45) is 5.92 Å². The predicted molar refractivity (Wildman–Crippen MR) is 46.0 cm³/mol. The number of nitrogens with zero attached hydrogens (tertiary/aromatic N) is 2. The molecule has 0 heterocycles. The van der Waals surface area contributed by atoms with Crippen molar-refractivity contribution in [1.82, 2.24) is 0 Å². The van der Waals surface area contributed by atoms with Crippen LogP contribution in [0.1, 0.15) is 20.3 Å². The fourth-order valence-electron chi connectivity index (χ4n) is 1.20. The molecular formula is C8H9ClN2O. The van der Waals surface area contributed by atoms with Gasteiger partial charge in [0.2, 0.25) is 0 Å². The highest BCUT2D eigenvalue weighted by atomic mass is 35.5. The Morgan fingerprint density at radius 2 is 2.25 bits per heavy atom. The van der Waals surface area contributed by atoms with Gasteiger partial charge in [-0.05, 0) is 6.92 Å². The van der Waals surface area contributed by atoms with Gasteiger partial charge in [0.05, 0.1) is 5.92 Å². The van der Waals surface area contributed by atoms with Gasteiger partial charge >= 0.3 is 5.71 Å². The number of carbonyl (C=O) groups is 1. The molecule has 0 aromatic carbocycles. The highest BCUT2D eigenvalue weighted by molar-refractivity contribution is 6.45. The van der Waals surface area contributed by atoms with E-state index in [1.807, 2.05) is 6.92 Å². The Balaban J connectivity index is 3.24. The number of hydrogen-bond acceptors (Lipinski definition) is 1. The van der Waals surface area contributed by atoms with Crippen LogP contribution in [0, 0.1) is 5.92 Å². The molecule has 12 heavy (non-hydrogen) atoms. The minimum Gasteiger partial charge on any atom is -0.361 e. The number of allylic oxidation sites excluding steroid dienone is 2. The van der Waals surface area contributed by atoms with Crippen molar-refractivity contribution in [3.05, 3.63) is 16.1 Å². The van der Waals surface area contributed by atoms with Crippen molar-refractivity contribution in [2.45, 2.75) is 20.3 Å². The molecule has 0 fully saturated rings. The van der Waals surface area contributed by atoms with Gasteiger partial charge in [-0.1, -0.05) is 18.5 Å². The van der Waals surface area contributed by atoms with E-state index < -0.39 is 0 Å². The number of carbonyl (C=O) groups excluding carboxylic acids is 1. The van der Waals surface area contributed by atoms with Gasteiger partial charge in [0.15, 0.2) is 5.78 Å². The molecule has 0 saturated heterocycles. The molecule has 1 atom stereocenters. The molecule has 0 radical (unpaired) electrons. The number of rotatable bonds is 0. The van der Waals surface area contributed by atoms with Crippen LogP contribution in [0.4, 0.5) is 0 Å². The summed E-state index contributed by atoms with van der Waals surface area (Å²) in [7, 11) is 0. The van der Waals surface area contributed by atoms with Crippen LogP contribution < -0.4 is 0 Å². The van der Waals surface area contributed by atoms with Crippen LogP contribution in [-0.4, -0.2) is 16.3 Å². The zero-order valence-corrected chi connectivity index (χ0v) is 7.72. The smallest absolute Gasteiger partial charge is 0.314 e. The topological polar surface area (TPSA) is 53.5 Å². The van der Waals surface area contributed by atoms with Crippen molar-refractivity contribution >= 4 is 23.1 Å². The van der Waals surface area contributed by atoms with Crippen LogP contribution in [0.5, 0.6) is 0 Å². The number of ketones is 1. The molecule has 0 spiro atoms. The first-order valence-electron chi connectivity index (χ1n) is 3.69. The van der Waals surface area contributed by atoms with E-state index in [1.54, 1.807) is 6.92 Å². The highest BCUT2D eigenvalue weighted by Gasteiger charge is 2.33. The fourth-order valence-corrected chi connectivity index (χ4v) is 1.53. The standard InChI is InChI=1S/C8H9ClN2O/c1-4-3-6(12)5(2)7(9)8(4)11-10/h4H,3H2,1-2H3. The van der Waals surface area contributed by atoms with Crippen LogP contribution in [-0.2, 0) is 4.79 Å². The van der Waals surface area contributed by atoms with Crippen LogP contribution in [0.2, 0.25) is 0 Å². The van der Waals surface area contributed by atoms with Gasteiger partial charge in [0.1, 0.15) is 5.03 Å². The molecule has 1 aliphatic carbocycles. The normalized spacial score (nSPS) is 24.4. The van der Waals surface area contributed by atoms with E-state index in [9.17, 15) is 4.79 Å². The molecule has 64 valence electrons. The molecule has 0 amide bonds. The zero-order chi connectivity index (χ0) is 9.30. The Hall–Kier alpha value is -0.920. The summed E-state index contributed by atoms with van der Waals surface area (Å²) in [5.41, 5.74) is 9.49. The molecule has 1 rings (SSSR count). The molecule has 4 heteroatoms. The average molecular weight is 185 g/mol. The Morgan fingerprint density at radius 1 is 1.67 bits per heavy atom. The summed E-state index contributed by atoms with van der Waals surface area (Å²) >= 11 is 5.79. The second-order valence-corrected chi connectivity index (χ2v) is 3.33. The van der Waals surface area contributed by atoms with Crippen LogP contribution in [0.15, 0.2) is 10.6 Å². The van der Waals surface area contributed by atoms with E-state index in [1.165, 1.54) is 0 Å². The first-order valence-corrected chi connectivity index (χ1v) is 4.07. The maximum Gasteiger partial charge on any atom is 0.314 e. The molecule has 0 aromatic heterocycles. The van der Waals surface area contributed by atoms with Crippen molar-refractivity contribution in [3.8, 4) is 0 Å². The van der Waals surface area contributed by atoms with Crippen LogP contribution in [0.3, 0.4) is 0 Å². The Labute approximate surface area is 75.6 Å². The lowest BCUT2D eigenvalue weighted by Crippen LogP contribution is -2.24. The summed E-state index contributed by atoms with van der Waals surface area (Å²) in [5, 5.41) is 0.293. The minimum absolute atomic E-state index is 0.0277. The van der Waals surface area contributed by atoms with Gasteiger partial charge in [-0.25, -0.2) is 0 Å². The molecule has 0 aromatic rings. The number of hydrogen-bond donors (Lipinski definition) is 0. The first kappa shape index (κ1) is 9.17. The number of Topliss-reactive ketones (excluding diaryl/α,β-unsaturated/α-hetero) is 1. The van der Waals surface area contributed by atoms with Gasteiger partial charge < -0.3 is 5.53 Å². The first-order chi connectivity index (χ1) is 5.57. The maximum absolute atomic E-state index is 11.2. The molecule has 0 aliphatic heterocycles. The number of halogens is 1. The highest BCUT2D eigenvalue weighted by Crippen LogP contribution is 2.25. The van der Waals surface area contributed by atoms with Crippen molar-refractivity contribution in [3.63, 3.8) is 0 Å². The molecule has 0 N–H and O–H groups in total. The molecule has 1 unspecified atom stereocenters. The third-order valence-electron chi connectivity index (χ3n) is 2.04. The van der Waals surface area contributed by atoms with Crippen molar-refractivity contribution in [1.29, 1.82) is 0 Å². The second-order valence-electron chi connectivity index (χ2n) is 2.95. The third kappa shape index (κ3) is 1.33. The SMILES string of the molecule is CC1=C(Cl)C(=[N+]=[N-])C(C)CC1=O. The quantitative estimate of drug-likeness (QED) is 0.418. The summed E-state index contributed by atoms with van der Waals surface area (Å²) in [6, 6.07) is 0. The molecule has 3 nitrogen and oxygen atoms in total. The van der Waals surface area contributed by atoms with E-state index in [0.717, 1.165) is 0 Å². The molecule has 0 bridgehead atoms. The van der Waals surface area contributed by atoms with E-state index >= 15 is 0 Å². The minimum atomic E-state index is -0.0845. The summed E-state index contributed by atoms with van der Waals surface area (Å²) in [6.45, 7) is 3.45. The summed E-state index contributed by atoms with van der Waals surface area (Å²) < 4.78 is 0. The van der Waals surface area contributed by atoms with E-state index in [-0.39, 0.29) is 11.7 Å². The largest absolute Gasteiger partial charge is 0.361 e. The predicted octanol–water partition coefficient (Wildman–Crippen LogP) is 1.78. The van der Waals surface area contributed by atoms with Crippen LogP contribution >= 0.6 is 11.6 Å². The summed E-state index contributed by atoms with van der Waals surface area (Å²) in [5.74, 6) is -0.0569. The fraction of sp³-hybridized carbons (Fsp3) is 0.500. The maximum atomic E-state index is 11.2. The van der Waals surface area contributed by atoms with Gasteiger partial charge in [0, 0.05) is 12.0 Å². The van der Waals surface area contributed by atoms with Gasteiger partial charge in [-0.15, -0.1) is 0 Å². The Kier molecular flexibility index (Phi) is 2.46. The summed E-state index contributed by atoms with van der Waals surface area (Å²) in [4.78, 5) is 14.3. The average Bonchev–Trinajstić information content (AvgIpc) is 2.01. The van der Waals surface area contributed by atoms with Gasteiger partial charge in [-0.2, -0.15) is 4.79 Å². The lowest BCUT2D eigenvalue weighted by Gasteiger charge is -2.13. The van der Waals surface area contributed by atoms with E-state index in [0.29, 0.717) is 22.7 Å². The second kappa shape index (κ2) is 3.21. The van der Waals surface area contributed by atoms with E-state index in [4.69, 9.17) is 17.1 Å². The van der Waals surface area contributed by atoms with Gasteiger partial charge in [-0.3, -0.25) is 4.79 Å². The molecular weight excluding hydrogens is 176 g/mol. The Bertz CT molecular complexity index is 313. The molecule has 0 saturated carbocycles. The van der Waals surface area contributed by atoms with Crippen LogP contribution in [0.25, 0.3) is 5.53 Å². The lowest BCUT2D eigenvalue weighted by atomic mass is 9.89. The van der Waals surface area contributed by atoms with Gasteiger partial charge in [0.25, 0.3) is 0 Å². The lowest BCUT2D eigenvalue weighted by molar-refractivity contribution is -0.116.